The lowest BCUT2D eigenvalue weighted by Gasteiger charge is -2.26. The normalized spacial score (nSPS) is 16.4. The van der Waals surface area contributed by atoms with E-state index in [1.54, 1.807) is 0 Å². The van der Waals surface area contributed by atoms with E-state index < -0.39 is 0 Å². The van der Waals surface area contributed by atoms with Crippen LogP contribution in [0.25, 0.3) is 0 Å². The molecule has 6 heteroatoms. The Labute approximate surface area is 143 Å². The smallest absolute Gasteiger partial charge is 0.239 e. The van der Waals surface area contributed by atoms with Gasteiger partial charge in [0, 0.05) is 32.6 Å². The topological polar surface area (TPSA) is 70.7 Å². The van der Waals surface area contributed by atoms with E-state index in [0.717, 1.165) is 38.4 Å². The largest absolute Gasteiger partial charge is 0.379 e. The molecule has 24 heavy (non-hydrogen) atoms. The van der Waals surface area contributed by atoms with E-state index in [1.807, 2.05) is 37.3 Å². The molecule has 1 saturated heterocycles. The number of hydrogen-bond donors (Lipinski definition) is 2. The van der Waals surface area contributed by atoms with Crippen molar-refractivity contribution in [1.82, 2.24) is 15.5 Å². The number of ether oxygens (including phenoxy) is 1. The highest BCUT2D eigenvalue weighted by Crippen LogP contribution is 2.17. The highest BCUT2D eigenvalue weighted by molar-refractivity contribution is 5.84. The standard InChI is InChI=1S/C18H27N3O3/c1-15(16-5-3-2-4-6-16)13-17(22)20-14-18(23)19-7-8-21-9-11-24-12-10-21/h2-6,15H,7-14H2,1H3,(H,19,23)(H,20,22). The van der Waals surface area contributed by atoms with Crippen LogP contribution in [0.15, 0.2) is 30.3 Å². The van der Waals surface area contributed by atoms with E-state index >= 15 is 0 Å². The third kappa shape index (κ3) is 6.68. The predicted octanol–water partition coefficient (Wildman–Crippen LogP) is 0.745. The van der Waals surface area contributed by atoms with E-state index in [2.05, 4.69) is 15.5 Å². The number of amides is 2. The molecule has 0 bridgehead atoms. The maximum Gasteiger partial charge on any atom is 0.239 e. The summed E-state index contributed by atoms with van der Waals surface area (Å²) in [7, 11) is 0. The van der Waals surface area contributed by atoms with Crippen molar-refractivity contribution in [1.29, 1.82) is 0 Å². The van der Waals surface area contributed by atoms with Crippen molar-refractivity contribution < 1.29 is 14.3 Å². The molecule has 6 nitrogen and oxygen atoms in total. The second kappa shape index (κ2) is 10.1. The van der Waals surface area contributed by atoms with Crippen molar-refractivity contribution in [2.24, 2.45) is 0 Å². The zero-order chi connectivity index (χ0) is 17.2. The maximum absolute atomic E-state index is 11.9. The Balaban J connectivity index is 1.58. The summed E-state index contributed by atoms with van der Waals surface area (Å²) < 4.78 is 5.28. The van der Waals surface area contributed by atoms with Crippen molar-refractivity contribution in [3.63, 3.8) is 0 Å². The first kappa shape index (κ1) is 18.4. The van der Waals surface area contributed by atoms with E-state index in [9.17, 15) is 9.59 Å². The SMILES string of the molecule is CC(CC(=O)NCC(=O)NCCN1CCOCC1)c1ccccc1. The number of rotatable bonds is 8. The summed E-state index contributed by atoms with van der Waals surface area (Å²) in [6.07, 6.45) is 0.380. The Morgan fingerprint density at radius 1 is 1.12 bits per heavy atom. The highest BCUT2D eigenvalue weighted by Gasteiger charge is 2.13. The van der Waals surface area contributed by atoms with Crippen LogP contribution in [0.5, 0.6) is 0 Å². The van der Waals surface area contributed by atoms with Gasteiger partial charge in [0.2, 0.25) is 11.8 Å². The van der Waals surface area contributed by atoms with Gasteiger partial charge >= 0.3 is 0 Å². The molecule has 1 aliphatic heterocycles. The molecule has 1 atom stereocenters. The van der Waals surface area contributed by atoms with Gasteiger partial charge in [-0.15, -0.1) is 0 Å². The Kier molecular flexibility index (Phi) is 7.71. The summed E-state index contributed by atoms with van der Waals surface area (Å²) in [6, 6.07) is 9.90. The van der Waals surface area contributed by atoms with Crippen LogP contribution in [0.4, 0.5) is 0 Å². The first-order valence-electron chi connectivity index (χ1n) is 8.53. The fourth-order valence-corrected chi connectivity index (χ4v) is 2.67. The maximum atomic E-state index is 11.9. The Morgan fingerprint density at radius 3 is 2.54 bits per heavy atom. The van der Waals surface area contributed by atoms with Gasteiger partial charge in [0.25, 0.3) is 0 Å². The molecule has 0 aliphatic carbocycles. The summed E-state index contributed by atoms with van der Waals surface area (Å²) in [4.78, 5) is 26.0. The van der Waals surface area contributed by atoms with Crippen molar-refractivity contribution in [3.8, 4) is 0 Å². The lowest BCUT2D eigenvalue weighted by molar-refractivity contribution is -0.126. The fraction of sp³-hybridized carbons (Fsp3) is 0.556. The Morgan fingerprint density at radius 2 is 1.83 bits per heavy atom. The van der Waals surface area contributed by atoms with Gasteiger partial charge in [0.1, 0.15) is 0 Å². The summed E-state index contributed by atoms with van der Waals surface area (Å²) in [5, 5.41) is 5.52. The number of benzene rings is 1. The lowest BCUT2D eigenvalue weighted by atomic mass is 9.98. The van der Waals surface area contributed by atoms with Crippen molar-refractivity contribution >= 4 is 11.8 Å². The second-order valence-corrected chi connectivity index (χ2v) is 6.10. The van der Waals surface area contributed by atoms with Crippen LogP contribution in [0.2, 0.25) is 0 Å². The monoisotopic (exact) mass is 333 g/mol. The molecule has 1 aliphatic rings. The number of morpholine rings is 1. The van der Waals surface area contributed by atoms with Gasteiger partial charge in [-0.3, -0.25) is 14.5 Å². The fourth-order valence-electron chi connectivity index (χ4n) is 2.67. The van der Waals surface area contributed by atoms with Gasteiger partial charge in [0.15, 0.2) is 0 Å². The molecule has 2 N–H and O–H groups in total. The zero-order valence-electron chi connectivity index (χ0n) is 14.3. The Bertz CT molecular complexity index is 516. The molecule has 1 aromatic rings. The van der Waals surface area contributed by atoms with Gasteiger partial charge in [-0.25, -0.2) is 0 Å². The van der Waals surface area contributed by atoms with Crippen molar-refractivity contribution in [2.45, 2.75) is 19.3 Å². The summed E-state index contributed by atoms with van der Waals surface area (Å²) in [5.74, 6) is -0.116. The predicted molar refractivity (Wildman–Crippen MR) is 92.8 cm³/mol. The third-order valence-electron chi connectivity index (χ3n) is 4.16. The van der Waals surface area contributed by atoms with Gasteiger partial charge in [-0.1, -0.05) is 37.3 Å². The molecule has 0 spiro atoms. The minimum atomic E-state index is -0.149. The number of carbonyl (C=O) groups excluding carboxylic acids is 2. The molecule has 1 aromatic carbocycles. The molecule has 1 unspecified atom stereocenters. The number of nitrogens with zero attached hydrogens (tertiary/aromatic N) is 1. The van der Waals surface area contributed by atoms with Crippen LogP contribution < -0.4 is 10.6 Å². The zero-order valence-corrected chi connectivity index (χ0v) is 14.3. The molecule has 0 saturated carbocycles. The molecule has 1 fully saturated rings. The average Bonchev–Trinajstić information content (AvgIpc) is 2.61. The summed E-state index contributed by atoms with van der Waals surface area (Å²) in [6.45, 7) is 6.77. The van der Waals surface area contributed by atoms with Crippen LogP contribution >= 0.6 is 0 Å². The quantitative estimate of drug-likeness (QED) is 0.736. The minimum Gasteiger partial charge on any atom is -0.379 e. The summed E-state index contributed by atoms with van der Waals surface area (Å²) in [5.41, 5.74) is 1.13. The van der Waals surface area contributed by atoms with Gasteiger partial charge in [-0.2, -0.15) is 0 Å². The summed E-state index contributed by atoms with van der Waals surface area (Å²) >= 11 is 0. The van der Waals surface area contributed by atoms with Crippen LogP contribution in [-0.2, 0) is 14.3 Å². The first-order valence-corrected chi connectivity index (χ1v) is 8.53. The average molecular weight is 333 g/mol. The second-order valence-electron chi connectivity index (χ2n) is 6.10. The number of hydrogen-bond acceptors (Lipinski definition) is 4. The van der Waals surface area contributed by atoms with Gasteiger partial charge < -0.3 is 15.4 Å². The molecule has 2 amide bonds. The molecule has 0 aromatic heterocycles. The number of nitrogens with one attached hydrogen (secondary N) is 2. The minimum absolute atomic E-state index is 0.0312. The van der Waals surface area contributed by atoms with Crippen LogP contribution in [0.3, 0.4) is 0 Å². The van der Waals surface area contributed by atoms with E-state index in [0.29, 0.717) is 13.0 Å². The van der Waals surface area contributed by atoms with Gasteiger partial charge in [0.05, 0.1) is 19.8 Å². The van der Waals surface area contributed by atoms with E-state index in [4.69, 9.17) is 4.74 Å². The molecule has 0 radical (unpaired) electrons. The van der Waals surface area contributed by atoms with E-state index in [-0.39, 0.29) is 24.3 Å². The third-order valence-corrected chi connectivity index (χ3v) is 4.16. The van der Waals surface area contributed by atoms with E-state index in [1.165, 1.54) is 0 Å². The van der Waals surface area contributed by atoms with Crippen LogP contribution in [0.1, 0.15) is 24.8 Å². The van der Waals surface area contributed by atoms with Crippen molar-refractivity contribution in [2.75, 3.05) is 45.9 Å². The van der Waals surface area contributed by atoms with Crippen LogP contribution in [-0.4, -0.2) is 62.7 Å². The molecular weight excluding hydrogens is 306 g/mol. The van der Waals surface area contributed by atoms with Gasteiger partial charge in [-0.05, 0) is 11.5 Å². The highest BCUT2D eigenvalue weighted by atomic mass is 16.5. The molecule has 1 heterocycles. The lowest BCUT2D eigenvalue weighted by Crippen LogP contribution is -2.43. The number of carbonyl (C=O) groups is 2. The van der Waals surface area contributed by atoms with Crippen LogP contribution in [0, 0.1) is 0 Å². The Hall–Kier alpha value is -1.92. The molecule has 132 valence electrons. The molecule has 2 rings (SSSR count). The molecular formula is C18H27N3O3. The first-order chi connectivity index (χ1) is 11.6. The van der Waals surface area contributed by atoms with Crippen molar-refractivity contribution in [3.05, 3.63) is 35.9 Å².